The fourth-order valence-electron chi connectivity index (χ4n) is 2.86. The number of aryl methyl sites for hydroxylation is 1. The van der Waals surface area contributed by atoms with E-state index >= 15 is 0 Å². The third-order valence-electron chi connectivity index (χ3n) is 4.03. The lowest BCUT2D eigenvalue weighted by Crippen LogP contribution is -2.36. The molecule has 0 bridgehead atoms. The van der Waals surface area contributed by atoms with E-state index in [2.05, 4.69) is 9.97 Å². The number of rotatable bonds is 5. The quantitative estimate of drug-likeness (QED) is 0.771. The van der Waals surface area contributed by atoms with Crippen molar-refractivity contribution in [1.29, 1.82) is 0 Å². The zero-order chi connectivity index (χ0) is 16.2. The van der Waals surface area contributed by atoms with Gasteiger partial charge in [0, 0.05) is 39.5 Å². The maximum absolute atomic E-state index is 12.7. The molecule has 23 heavy (non-hydrogen) atoms. The minimum atomic E-state index is -0.371. The molecule has 2 aromatic heterocycles. The first kappa shape index (κ1) is 15.6. The third-order valence-corrected chi connectivity index (χ3v) is 4.03. The van der Waals surface area contributed by atoms with Gasteiger partial charge in [-0.15, -0.1) is 0 Å². The lowest BCUT2D eigenvalue weighted by Gasteiger charge is -2.16. The summed E-state index contributed by atoms with van der Waals surface area (Å²) in [7, 11) is 1.62. The number of fused-ring (bicyclic) bond motifs is 1. The van der Waals surface area contributed by atoms with Crippen molar-refractivity contribution in [1.82, 2.24) is 19.4 Å². The molecule has 3 heterocycles. The van der Waals surface area contributed by atoms with Crippen LogP contribution in [0.4, 0.5) is 0 Å². The molecular formula is C16H20N4O3. The Morgan fingerprint density at radius 1 is 1.35 bits per heavy atom. The van der Waals surface area contributed by atoms with Crippen LogP contribution in [0.25, 0.3) is 11.2 Å². The van der Waals surface area contributed by atoms with Crippen molar-refractivity contribution < 1.29 is 9.53 Å². The number of likely N-dealkylation sites (tertiary alicyclic amines) is 1. The molecule has 0 aromatic carbocycles. The van der Waals surface area contributed by atoms with Crippen LogP contribution in [-0.4, -0.2) is 52.1 Å². The predicted molar refractivity (Wildman–Crippen MR) is 85.4 cm³/mol. The predicted octanol–water partition coefficient (Wildman–Crippen LogP) is 1.06. The van der Waals surface area contributed by atoms with Gasteiger partial charge in [-0.3, -0.25) is 14.2 Å². The molecule has 2 aromatic rings. The van der Waals surface area contributed by atoms with Crippen molar-refractivity contribution in [3.63, 3.8) is 0 Å². The molecule has 0 saturated carbocycles. The summed E-state index contributed by atoms with van der Waals surface area (Å²) >= 11 is 0. The van der Waals surface area contributed by atoms with Crippen LogP contribution in [-0.2, 0) is 11.3 Å². The minimum absolute atomic E-state index is 0.00943. The van der Waals surface area contributed by atoms with Crippen molar-refractivity contribution in [2.24, 2.45) is 0 Å². The van der Waals surface area contributed by atoms with Gasteiger partial charge in [0.15, 0.2) is 11.3 Å². The number of carbonyl (C=O) groups is 1. The summed E-state index contributed by atoms with van der Waals surface area (Å²) in [6.07, 6.45) is 4.24. The van der Waals surface area contributed by atoms with Gasteiger partial charge in [0.1, 0.15) is 5.52 Å². The van der Waals surface area contributed by atoms with Gasteiger partial charge >= 0.3 is 0 Å². The molecule has 0 unspecified atom stereocenters. The molecule has 7 heteroatoms. The van der Waals surface area contributed by atoms with E-state index in [1.165, 1.54) is 4.57 Å². The van der Waals surface area contributed by atoms with Gasteiger partial charge in [0.2, 0.25) is 0 Å². The van der Waals surface area contributed by atoms with Crippen LogP contribution >= 0.6 is 0 Å². The Morgan fingerprint density at radius 2 is 2.13 bits per heavy atom. The van der Waals surface area contributed by atoms with Crippen LogP contribution < -0.4 is 5.56 Å². The molecule has 122 valence electrons. The van der Waals surface area contributed by atoms with Gasteiger partial charge in [-0.1, -0.05) is 0 Å². The van der Waals surface area contributed by atoms with Crippen LogP contribution in [0.5, 0.6) is 0 Å². The molecule has 1 aliphatic heterocycles. The molecule has 1 fully saturated rings. The SMILES string of the molecule is COCCCn1c(=O)c(C(=O)N2CCCC2)nc2cccnc21. The lowest BCUT2D eigenvalue weighted by molar-refractivity contribution is 0.0784. The van der Waals surface area contributed by atoms with Crippen molar-refractivity contribution in [2.45, 2.75) is 25.8 Å². The lowest BCUT2D eigenvalue weighted by atomic mass is 10.3. The molecule has 1 amide bonds. The van der Waals surface area contributed by atoms with Crippen LogP contribution in [0, 0.1) is 0 Å². The minimum Gasteiger partial charge on any atom is -0.385 e. The Hall–Kier alpha value is -2.28. The summed E-state index contributed by atoms with van der Waals surface area (Å²) in [6, 6.07) is 3.53. The molecule has 3 rings (SSSR count). The molecule has 0 aliphatic carbocycles. The normalized spacial score (nSPS) is 14.6. The highest BCUT2D eigenvalue weighted by molar-refractivity contribution is 5.93. The second-order valence-electron chi connectivity index (χ2n) is 5.61. The van der Waals surface area contributed by atoms with Gasteiger partial charge in [0.05, 0.1) is 0 Å². The molecule has 7 nitrogen and oxygen atoms in total. The number of aromatic nitrogens is 3. The van der Waals surface area contributed by atoms with Crippen LogP contribution in [0.2, 0.25) is 0 Å². The monoisotopic (exact) mass is 316 g/mol. The number of ether oxygens (including phenoxy) is 1. The third kappa shape index (κ3) is 3.10. The zero-order valence-corrected chi connectivity index (χ0v) is 13.2. The highest BCUT2D eigenvalue weighted by Gasteiger charge is 2.25. The van der Waals surface area contributed by atoms with E-state index in [-0.39, 0.29) is 17.2 Å². The summed E-state index contributed by atoms with van der Waals surface area (Å²) in [5.74, 6) is -0.279. The van der Waals surface area contributed by atoms with E-state index in [1.807, 2.05) is 0 Å². The van der Waals surface area contributed by atoms with E-state index in [9.17, 15) is 9.59 Å². The van der Waals surface area contributed by atoms with Gasteiger partial charge in [-0.05, 0) is 31.4 Å². The molecular weight excluding hydrogens is 296 g/mol. The van der Waals surface area contributed by atoms with Crippen molar-refractivity contribution in [3.05, 3.63) is 34.4 Å². The van der Waals surface area contributed by atoms with E-state index < -0.39 is 0 Å². The molecule has 1 aliphatic rings. The average molecular weight is 316 g/mol. The Kier molecular flexibility index (Phi) is 4.66. The first-order valence-electron chi connectivity index (χ1n) is 7.86. The Bertz CT molecular complexity index is 765. The Morgan fingerprint density at radius 3 is 2.87 bits per heavy atom. The smallest absolute Gasteiger partial charge is 0.283 e. The van der Waals surface area contributed by atoms with Gasteiger partial charge in [-0.25, -0.2) is 9.97 Å². The number of hydrogen-bond donors (Lipinski definition) is 0. The highest BCUT2D eigenvalue weighted by atomic mass is 16.5. The van der Waals surface area contributed by atoms with Crippen LogP contribution in [0.15, 0.2) is 23.1 Å². The van der Waals surface area contributed by atoms with Crippen molar-refractivity contribution >= 4 is 17.1 Å². The van der Waals surface area contributed by atoms with Gasteiger partial charge in [-0.2, -0.15) is 0 Å². The Labute approximate surface area is 133 Å². The molecule has 0 spiro atoms. The maximum Gasteiger partial charge on any atom is 0.283 e. The number of hydrogen-bond acceptors (Lipinski definition) is 5. The highest BCUT2D eigenvalue weighted by Crippen LogP contribution is 2.13. The fraction of sp³-hybridized carbons (Fsp3) is 0.500. The summed E-state index contributed by atoms with van der Waals surface area (Å²) in [4.78, 5) is 35.6. The number of methoxy groups -OCH3 is 1. The molecule has 1 saturated heterocycles. The average Bonchev–Trinajstić information content (AvgIpc) is 3.10. The summed E-state index contributed by atoms with van der Waals surface area (Å²) in [5.41, 5.74) is 0.688. The van der Waals surface area contributed by atoms with Gasteiger partial charge in [0.25, 0.3) is 11.5 Å². The maximum atomic E-state index is 12.7. The zero-order valence-electron chi connectivity index (χ0n) is 13.2. The Balaban J connectivity index is 2.05. The van der Waals surface area contributed by atoms with Crippen molar-refractivity contribution in [2.75, 3.05) is 26.8 Å². The second-order valence-corrected chi connectivity index (χ2v) is 5.61. The molecule has 0 radical (unpaired) electrons. The first-order chi connectivity index (χ1) is 11.2. The molecule has 0 N–H and O–H groups in total. The van der Waals surface area contributed by atoms with Crippen LogP contribution in [0.1, 0.15) is 29.8 Å². The summed E-state index contributed by atoms with van der Waals surface area (Å²) in [5, 5.41) is 0. The topological polar surface area (TPSA) is 77.3 Å². The second kappa shape index (κ2) is 6.87. The largest absolute Gasteiger partial charge is 0.385 e. The number of amides is 1. The fourth-order valence-corrected chi connectivity index (χ4v) is 2.86. The first-order valence-corrected chi connectivity index (χ1v) is 7.86. The summed E-state index contributed by atoms with van der Waals surface area (Å²) < 4.78 is 6.58. The number of pyridine rings is 1. The van der Waals surface area contributed by atoms with Crippen molar-refractivity contribution in [3.8, 4) is 0 Å². The number of nitrogens with zero attached hydrogens (tertiary/aromatic N) is 4. The number of carbonyl (C=O) groups excluding carboxylic acids is 1. The standard InChI is InChI=1S/C16H20N4O3/c1-23-11-5-10-20-14-12(6-4-7-17-14)18-13(16(20)22)15(21)19-8-2-3-9-19/h4,6-7H,2-3,5,8-11H2,1H3. The summed E-state index contributed by atoms with van der Waals surface area (Å²) in [6.45, 7) is 2.37. The van der Waals surface area contributed by atoms with E-state index in [1.54, 1.807) is 30.3 Å². The van der Waals surface area contributed by atoms with Crippen LogP contribution in [0.3, 0.4) is 0 Å². The molecule has 0 atom stereocenters. The van der Waals surface area contributed by atoms with Gasteiger partial charge < -0.3 is 9.64 Å². The van der Waals surface area contributed by atoms with E-state index in [0.29, 0.717) is 43.8 Å². The van der Waals surface area contributed by atoms with E-state index in [4.69, 9.17) is 4.74 Å². The van der Waals surface area contributed by atoms with E-state index in [0.717, 1.165) is 12.8 Å².